The van der Waals surface area contributed by atoms with E-state index < -0.39 is 58.9 Å². The van der Waals surface area contributed by atoms with E-state index in [9.17, 15) is 24.0 Å². The Hall–Kier alpha value is -4.47. The molecule has 2 fully saturated rings. The second-order valence-electron chi connectivity index (χ2n) is 12.2. The fraction of sp³-hybridized carbons (Fsp3) is 0.364. The Morgan fingerprint density at radius 3 is 2.37 bits per heavy atom. The van der Waals surface area contributed by atoms with E-state index in [1.165, 1.54) is 22.0 Å². The second-order valence-corrected chi connectivity index (χ2v) is 14.5. The van der Waals surface area contributed by atoms with Crippen molar-refractivity contribution in [2.24, 2.45) is 10.6 Å². The Morgan fingerprint density at radius 1 is 1.12 bits per heavy atom. The third kappa shape index (κ3) is 8.40. The minimum Gasteiger partial charge on any atom is -0.457 e. The second kappa shape index (κ2) is 15.4. The number of ether oxygens (including phenoxy) is 2. The van der Waals surface area contributed by atoms with E-state index in [0.717, 1.165) is 22.5 Å². The molecule has 0 bridgehead atoms. The van der Waals surface area contributed by atoms with Gasteiger partial charge in [0.25, 0.3) is 5.91 Å². The number of nitrogens with one attached hydrogen (secondary N) is 2. The smallest absolute Gasteiger partial charge is 0.347 e. The number of rotatable bonds is 13. The van der Waals surface area contributed by atoms with Gasteiger partial charge >= 0.3 is 11.9 Å². The molecule has 1 aromatic heterocycles. The van der Waals surface area contributed by atoms with E-state index in [-0.39, 0.29) is 34.7 Å². The Balaban J connectivity index is 1.28. The van der Waals surface area contributed by atoms with Crippen molar-refractivity contribution in [1.29, 1.82) is 0 Å². The van der Waals surface area contributed by atoms with Gasteiger partial charge in [0.05, 0.1) is 0 Å². The van der Waals surface area contributed by atoms with Crippen LogP contribution in [-0.4, -0.2) is 87.6 Å². The molecular formula is C33H34ClN5O8S2. The topological polar surface area (TPSA) is 166 Å². The first-order valence-electron chi connectivity index (χ1n) is 15.1. The molecule has 3 atom stereocenters. The van der Waals surface area contributed by atoms with Crippen LogP contribution in [0.15, 0.2) is 71.2 Å². The highest BCUT2D eigenvalue weighted by Crippen LogP contribution is 2.44. The van der Waals surface area contributed by atoms with E-state index in [2.05, 4.69) is 20.8 Å². The molecule has 13 nitrogen and oxygen atoms in total. The molecule has 2 N–H and O–H groups in total. The van der Waals surface area contributed by atoms with E-state index in [1.54, 1.807) is 20.8 Å². The number of oxime groups is 1. The van der Waals surface area contributed by atoms with Gasteiger partial charge in [-0.25, -0.2) is 9.78 Å². The van der Waals surface area contributed by atoms with Crippen molar-refractivity contribution < 1.29 is 38.3 Å². The van der Waals surface area contributed by atoms with Crippen LogP contribution in [0.5, 0.6) is 0 Å². The van der Waals surface area contributed by atoms with Gasteiger partial charge in [0.1, 0.15) is 28.1 Å². The minimum atomic E-state index is -1.19. The van der Waals surface area contributed by atoms with Crippen LogP contribution in [0, 0.1) is 5.41 Å². The lowest BCUT2D eigenvalue weighted by Gasteiger charge is -2.53. The summed E-state index contributed by atoms with van der Waals surface area (Å²) < 4.78 is 11.3. The highest BCUT2D eigenvalue weighted by atomic mass is 35.5. The number of thioether (sulfide) groups is 1. The van der Waals surface area contributed by atoms with E-state index in [0.29, 0.717) is 6.41 Å². The van der Waals surface area contributed by atoms with Gasteiger partial charge in [0, 0.05) is 23.6 Å². The zero-order valence-corrected chi connectivity index (χ0v) is 29.2. The largest absolute Gasteiger partial charge is 0.457 e. The quantitative estimate of drug-likeness (QED) is 0.0662. The monoisotopic (exact) mass is 727 g/mol. The number of amides is 3. The maximum absolute atomic E-state index is 13.8. The fourth-order valence-corrected chi connectivity index (χ4v) is 7.73. The van der Waals surface area contributed by atoms with Crippen LogP contribution in [0.1, 0.15) is 43.7 Å². The van der Waals surface area contributed by atoms with Gasteiger partial charge in [-0.3, -0.25) is 19.2 Å². The molecule has 5 rings (SSSR count). The SMILES string of the molecule is CC(C)(C)OC(=O)CON=C(C(=O)NC1C(=O)N2CC(CCl)(C(=O)OC(c3ccccc3)c3ccccc3)CS[C@H]12)c1csc(NC=O)n1. The predicted octanol–water partition coefficient (Wildman–Crippen LogP) is 3.73. The zero-order chi connectivity index (χ0) is 35.2. The lowest BCUT2D eigenvalue weighted by atomic mass is 9.88. The van der Waals surface area contributed by atoms with Crippen LogP contribution < -0.4 is 10.6 Å². The summed E-state index contributed by atoms with van der Waals surface area (Å²) >= 11 is 8.77. The third-order valence-electron chi connectivity index (χ3n) is 7.45. The number of esters is 2. The number of carbonyl (C=O) groups excluding carboxylic acids is 5. The number of anilines is 1. The molecule has 2 saturated heterocycles. The molecule has 16 heteroatoms. The molecule has 2 unspecified atom stereocenters. The van der Waals surface area contributed by atoms with Gasteiger partial charge in [-0.1, -0.05) is 65.8 Å². The molecule has 0 saturated carbocycles. The lowest BCUT2D eigenvalue weighted by Crippen LogP contribution is -2.74. The number of hydrogen-bond acceptors (Lipinski definition) is 12. The normalized spacial score (nSPS) is 20.5. The number of hydrogen-bond donors (Lipinski definition) is 2. The average molecular weight is 728 g/mol. The first-order chi connectivity index (χ1) is 23.4. The Kier molecular flexibility index (Phi) is 11.3. The van der Waals surface area contributed by atoms with Crippen LogP contribution in [0.2, 0.25) is 0 Å². The molecule has 0 spiro atoms. The van der Waals surface area contributed by atoms with Crippen LogP contribution >= 0.6 is 34.7 Å². The first-order valence-corrected chi connectivity index (χ1v) is 17.6. The molecule has 3 amide bonds. The van der Waals surface area contributed by atoms with Crippen LogP contribution in [0.4, 0.5) is 5.13 Å². The molecule has 0 aliphatic carbocycles. The van der Waals surface area contributed by atoms with Gasteiger partial charge in [-0.2, -0.15) is 0 Å². The highest BCUT2D eigenvalue weighted by Gasteiger charge is 2.58. The van der Waals surface area contributed by atoms with Crippen molar-refractivity contribution in [2.75, 3.05) is 30.1 Å². The predicted molar refractivity (Wildman–Crippen MR) is 184 cm³/mol. The number of thiazole rings is 1. The number of carbonyl (C=O) groups is 5. The molecule has 49 heavy (non-hydrogen) atoms. The average Bonchev–Trinajstić information content (AvgIpc) is 3.55. The summed E-state index contributed by atoms with van der Waals surface area (Å²) in [6.45, 7) is 4.49. The Labute approximate surface area is 295 Å². The highest BCUT2D eigenvalue weighted by molar-refractivity contribution is 8.00. The lowest BCUT2D eigenvalue weighted by molar-refractivity contribution is -0.164. The van der Waals surface area contributed by atoms with Crippen LogP contribution in [0.3, 0.4) is 0 Å². The first kappa shape index (κ1) is 35.8. The van der Waals surface area contributed by atoms with Gasteiger partial charge < -0.3 is 29.8 Å². The molecule has 2 aromatic carbocycles. The van der Waals surface area contributed by atoms with Gasteiger partial charge in [-0.05, 0) is 31.9 Å². The van der Waals surface area contributed by atoms with Gasteiger partial charge in [-0.15, -0.1) is 34.7 Å². The summed E-state index contributed by atoms with van der Waals surface area (Å²) in [6, 6.07) is 17.8. The molecule has 0 radical (unpaired) electrons. The van der Waals surface area contributed by atoms with Crippen molar-refractivity contribution in [1.82, 2.24) is 15.2 Å². The molecule has 2 aliphatic rings. The summed E-state index contributed by atoms with van der Waals surface area (Å²) in [4.78, 5) is 74.6. The minimum absolute atomic E-state index is 0.00125. The van der Waals surface area contributed by atoms with Crippen molar-refractivity contribution in [3.05, 3.63) is 82.9 Å². The summed E-state index contributed by atoms with van der Waals surface area (Å²) in [5.41, 5.74) is -0.648. The summed E-state index contributed by atoms with van der Waals surface area (Å²) in [6.07, 6.45) is -0.249. The number of halogens is 1. The molecule has 258 valence electrons. The third-order valence-corrected chi connectivity index (χ3v) is 10.3. The van der Waals surface area contributed by atoms with E-state index >= 15 is 0 Å². The van der Waals surface area contributed by atoms with Crippen molar-refractivity contribution in [2.45, 2.75) is 43.9 Å². The summed E-state index contributed by atoms with van der Waals surface area (Å²) in [5, 5.41) is 10.1. The standard InChI is InChI=1S/C33H34ClN5O8S2/c1-32(2,3)47-23(41)14-45-38-24(22-15-48-31(36-22)35-19-40)27(42)37-25-28(43)39-17-33(16-34,18-49-29(25)39)30(44)46-26(20-10-6-4-7-11-20)21-12-8-5-9-13-21/h4-13,15,19,25-26,29H,14,16-18H2,1-3H3,(H,37,42)(H,35,36,40)/t25?,29-,33?/m1/s1. The molecule has 3 aromatic rings. The number of fused-ring (bicyclic) bond motifs is 1. The van der Waals surface area contributed by atoms with Crippen molar-refractivity contribution >= 4 is 75.7 Å². The zero-order valence-electron chi connectivity index (χ0n) is 26.8. The molecule has 2 aliphatic heterocycles. The maximum atomic E-state index is 13.8. The summed E-state index contributed by atoms with van der Waals surface area (Å²) in [7, 11) is 0. The van der Waals surface area contributed by atoms with Gasteiger partial charge in [0.2, 0.25) is 18.9 Å². The van der Waals surface area contributed by atoms with Crippen LogP contribution in [-0.2, 0) is 38.3 Å². The van der Waals surface area contributed by atoms with E-state index in [1.807, 2.05) is 60.7 Å². The number of alkyl halides is 1. The number of benzene rings is 2. The Bertz CT molecular complexity index is 1680. The van der Waals surface area contributed by atoms with E-state index in [4.69, 9.17) is 25.9 Å². The fourth-order valence-electron chi connectivity index (χ4n) is 5.14. The maximum Gasteiger partial charge on any atom is 0.347 e. The van der Waals surface area contributed by atoms with Crippen molar-refractivity contribution in [3.8, 4) is 0 Å². The van der Waals surface area contributed by atoms with Gasteiger partial charge in [0.15, 0.2) is 16.9 Å². The number of β-lactam (4-membered cyclic amide) rings is 1. The summed E-state index contributed by atoms with van der Waals surface area (Å²) in [5.74, 6) is -2.32. The molecular weight excluding hydrogens is 694 g/mol. The molecule has 3 heterocycles. The van der Waals surface area contributed by atoms with Crippen molar-refractivity contribution in [3.63, 3.8) is 0 Å². The number of aromatic nitrogens is 1. The van der Waals surface area contributed by atoms with Crippen LogP contribution in [0.25, 0.3) is 0 Å². The Morgan fingerprint density at radius 2 is 1.78 bits per heavy atom. The number of nitrogens with zero attached hydrogens (tertiary/aromatic N) is 3.